The van der Waals surface area contributed by atoms with Crippen LogP contribution in [-0.2, 0) is 0 Å². The Hall–Kier alpha value is -0.820. The summed E-state index contributed by atoms with van der Waals surface area (Å²) in [4.78, 5) is 0. The summed E-state index contributed by atoms with van der Waals surface area (Å²) in [5.41, 5.74) is 1.50. The Morgan fingerprint density at radius 2 is 1.93 bits per heavy atom. The summed E-state index contributed by atoms with van der Waals surface area (Å²) in [7, 11) is 0. The zero-order chi connectivity index (χ0) is 10.7. The van der Waals surface area contributed by atoms with Crippen molar-refractivity contribution in [2.45, 2.75) is 26.2 Å². The van der Waals surface area contributed by atoms with Crippen molar-refractivity contribution in [3.05, 3.63) is 35.9 Å². The fourth-order valence-corrected chi connectivity index (χ4v) is 2.74. The molecule has 2 unspecified atom stereocenters. The van der Waals surface area contributed by atoms with Gasteiger partial charge in [0.15, 0.2) is 0 Å². The van der Waals surface area contributed by atoms with Crippen molar-refractivity contribution in [2.24, 2.45) is 11.8 Å². The van der Waals surface area contributed by atoms with Crippen LogP contribution in [-0.4, -0.2) is 13.1 Å². The monoisotopic (exact) mass is 203 g/mol. The standard InChI is InChI=1S/C14H21N/c1-11(2)13-8-9-15-10-14(13)12-6-4-3-5-7-12/h3-7,11,13-15H,8-10H2,1-2H3. The molecule has 82 valence electrons. The van der Waals surface area contributed by atoms with Crippen LogP contribution < -0.4 is 5.32 Å². The largest absolute Gasteiger partial charge is 0.316 e. The first kappa shape index (κ1) is 10.7. The highest BCUT2D eigenvalue weighted by molar-refractivity contribution is 5.21. The molecule has 0 aromatic heterocycles. The summed E-state index contributed by atoms with van der Waals surface area (Å²) in [5, 5.41) is 3.52. The molecule has 1 aliphatic heterocycles. The van der Waals surface area contributed by atoms with Crippen molar-refractivity contribution >= 4 is 0 Å². The zero-order valence-electron chi connectivity index (χ0n) is 9.74. The molecule has 2 atom stereocenters. The molecule has 0 spiro atoms. The quantitative estimate of drug-likeness (QED) is 0.779. The van der Waals surface area contributed by atoms with E-state index < -0.39 is 0 Å². The molecule has 1 nitrogen and oxygen atoms in total. The molecule has 1 heteroatoms. The average molecular weight is 203 g/mol. The lowest BCUT2D eigenvalue weighted by molar-refractivity contribution is 0.252. The van der Waals surface area contributed by atoms with Gasteiger partial charge in [0.25, 0.3) is 0 Å². The van der Waals surface area contributed by atoms with Gasteiger partial charge in [-0.1, -0.05) is 44.2 Å². The van der Waals surface area contributed by atoms with Gasteiger partial charge in [0.05, 0.1) is 0 Å². The highest BCUT2D eigenvalue weighted by Gasteiger charge is 2.28. The van der Waals surface area contributed by atoms with Crippen molar-refractivity contribution in [3.8, 4) is 0 Å². The van der Waals surface area contributed by atoms with Crippen LogP contribution >= 0.6 is 0 Å². The fraction of sp³-hybridized carbons (Fsp3) is 0.571. The maximum absolute atomic E-state index is 3.52. The SMILES string of the molecule is CC(C)C1CCNCC1c1ccccc1. The van der Waals surface area contributed by atoms with Gasteiger partial charge in [0, 0.05) is 6.54 Å². The van der Waals surface area contributed by atoms with Crippen molar-refractivity contribution in [1.82, 2.24) is 5.32 Å². The van der Waals surface area contributed by atoms with Crippen LogP contribution in [0.4, 0.5) is 0 Å². The predicted octanol–water partition coefficient (Wildman–Crippen LogP) is 3.04. The molecule has 1 N–H and O–H groups in total. The van der Waals surface area contributed by atoms with Gasteiger partial charge in [-0.25, -0.2) is 0 Å². The molecule has 0 radical (unpaired) electrons. The van der Waals surface area contributed by atoms with Crippen molar-refractivity contribution in [3.63, 3.8) is 0 Å². The molecule has 0 saturated carbocycles. The second kappa shape index (κ2) is 4.80. The zero-order valence-corrected chi connectivity index (χ0v) is 9.74. The van der Waals surface area contributed by atoms with Crippen LogP contribution in [0.1, 0.15) is 31.7 Å². The van der Waals surface area contributed by atoms with Gasteiger partial charge in [-0.15, -0.1) is 0 Å². The van der Waals surface area contributed by atoms with Crippen LogP contribution in [0.2, 0.25) is 0 Å². The van der Waals surface area contributed by atoms with E-state index in [2.05, 4.69) is 49.5 Å². The second-order valence-electron chi connectivity index (χ2n) is 4.92. The minimum absolute atomic E-state index is 0.708. The summed E-state index contributed by atoms with van der Waals surface area (Å²) in [6.07, 6.45) is 1.32. The van der Waals surface area contributed by atoms with Crippen molar-refractivity contribution in [1.29, 1.82) is 0 Å². The minimum Gasteiger partial charge on any atom is -0.316 e. The van der Waals surface area contributed by atoms with Gasteiger partial charge in [-0.2, -0.15) is 0 Å². The summed E-state index contributed by atoms with van der Waals surface area (Å²) in [6, 6.07) is 11.0. The van der Waals surface area contributed by atoms with Gasteiger partial charge < -0.3 is 5.32 Å². The Labute approximate surface area is 92.9 Å². The maximum atomic E-state index is 3.52. The third-order valence-electron chi connectivity index (χ3n) is 3.62. The Morgan fingerprint density at radius 1 is 1.20 bits per heavy atom. The van der Waals surface area contributed by atoms with Gasteiger partial charge in [0.2, 0.25) is 0 Å². The highest BCUT2D eigenvalue weighted by atomic mass is 14.9. The smallest absolute Gasteiger partial charge is 0.00229 e. The first-order chi connectivity index (χ1) is 7.29. The van der Waals surface area contributed by atoms with E-state index in [1.807, 2.05) is 0 Å². The van der Waals surface area contributed by atoms with Gasteiger partial charge in [-0.05, 0) is 36.3 Å². The summed E-state index contributed by atoms with van der Waals surface area (Å²) >= 11 is 0. The molecular weight excluding hydrogens is 182 g/mol. The molecule has 0 amide bonds. The summed E-state index contributed by atoms with van der Waals surface area (Å²) < 4.78 is 0. The molecule has 1 heterocycles. The van der Waals surface area contributed by atoms with E-state index in [0.29, 0.717) is 5.92 Å². The molecule has 1 aliphatic rings. The fourth-order valence-electron chi connectivity index (χ4n) is 2.74. The Balaban J connectivity index is 2.18. The normalized spacial score (nSPS) is 26.9. The molecule has 1 aromatic carbocycles. The molecule has 0 bridgehead atoms. The van der Waals surface area contributed by atoms with E-state index in [1.54, 1.807) is 0 Å². The first-order valence-electron chi connectivity index (χ1n) is 6.04. The van der Waals surface area contributed by atoms with Crippen LogP contribution in [0.15, 0.2) is 30.3 Å². The van der Waals surface area contributed by atoms with E-state index in [-0.39, 0.29) is 0 Å². The van der Waals surface area contributed by atoms with E-state index in [0.717, 1.165) is 18.4 Å². The van der Waals surface area contributed by atoms with Crippen molar-refractivity contribution in [2.75, 3.05) is 13.1 Å². The lowest BCUT2D eigenvalue weighted by Gasteiger charge is -2.35. The second-order valence-corrected chi connectivity index (χ2v) is 4.92. The average Bonchev–Trinajstić information content (AvgIpc) is 2.30. The lowest BCUT2D eigenvalue weighted by Crippen LogP contribution is -2.37. The van der Waals surface area contributed by atoms with E-state index in [1.165, 1.54) is 18.5 Å². The molecule has 1 fully saturated rings. The van der Waals surface area contributed by atoms with E-state index >= 15 is 0 Å². The van der Waals surface area contributed by atoms with Crippen LogP contribution in [0.3, 0.4) is 0 Å². The third-order valence-corrected chi connectivity index (χ3v) is 3.62. The molecular formula is C14H21N. The summed E-state index contributed by atoms with van der Waals surface area (Å²) in [6.45, 7) is 7.04. The highest BCUT2D eigenvalue weighted by Crippen LogP contribution is 2.34. The topological polar surface area (TPSA) is 12.0 Å². The van der Waals surface area contributed by atoms with Crippen LogP contribution in [0.25, 0.3) is 0 Å². The number of hydrogen-bond donors (Lipinski definition) is 1. The number of benzene rings is 1. The van der Waals surface area contributed by atoms with E-state index in [9.17, 15) is 0 Å². The molecule has 0 aliphatic carbocycles. The Bertz CT molecular complexity index is 291. The third kappa shape index (κ3) is 2.40. The molecule has 1 aromatic rings. The molecule has 15 heavy (non-hydrogen) atoms. The molecule has 1 saturated heterocycles. The number of piperidine rings is 1. The van der Waals surface area contributed by atoms with Crippen LogP contribution in [0.5, 0.6) is 0 Å². The van der Waals surface area contributed by atoms with Gasteiger partial charge in [-0.3, -0.25) is 0 Å². The minimum atomic E-state index is 0.708. The van der Waals surface area contributed by atoms with Gasteiger partial charge >= 0.3 is 0 Å². The van der Waals surface area contributed by atoms with Crippen LogP contribution in [0, 0.1) is 11.8 Å². The Kier molecular flexibility index (Phi) is 3.42. The number of nitrogens with one attached hydrogen (secondary N) is 1. The van der Waals surface area contributed by atoms with Gasteiger partial charge in [0.1, 0.15) is 0 Å². The molecule has 2 rings (SSSR count). The Morgan fingerprint density at radius 3 is 2.60 bits per heavy atom. The lowest BCUT2D eigenvalue weighted by atomic mass is 9.75. The summed E-state index contributed by atoms with van der Waals surface area (Å²) in [5.74, 6) is 2.34. The maximum Gasteiger partial charge on any atom is 0.00229 e. The number of rotatable bonds is 2. The van der Waals surface area contributed by atoms with E-state index in [4.69, 9.17) is 0 Å². The predicted molar refractivity (Wildman–Crippen MR) is 65.0 cm³/mol. The first-order valence-corrected chi connectivity index (χ1v) is 6.04. The number of hydrogen-bond acceptors (Lipinski definition) is 1. The van der Waals surface area contributed by atoms with Crippen molar-refractivity contribution < 1.29 is 0 Å².